The number of aromatic hydroxyl groups is 1. The van der Waals surface area contributed by atoms with Crippen molar-refractivity contribution >= 4 is 46.2 Å². The number of piperazine rings is 1. The summed E-state index contributed by atoms with van der Waals surface area (Å²) in [5.74, 6) is 2.40. The van der Waals surface area contributed by atoms with Crippen molar-refractivity contribution in [2.24, 2.45) is 17.8 Å². The highest BCUT2D eigenvalue weighted by molar-refractivity contribution is 7.13. The minimum Gasteiger partial charge on any atom is -0.507 e. The normalized spacial score (nSPS) is 24.4. The van der Waals surface area contributed by atoms with Gasteiger partial charge in [-0.1, -0.05) is 55.4 Å². The average Bonchev–Trinajstić information content (AvgIpc) is 4.43. The highest BCUT2D eigenvalue weighted by Crippen LogP contribution is 2.41. The van der Waals surface area contributed by atoms with Crippen molar-refractivity contribution in [3.05, 3.63) is 102 Å². The molecule has 5 aliphatic heterocycles. The predicted octanol–water partition coefficient (Wildman–Crippen LogP) is 7.72. The summed E-state index contributed by atoms with van der Waals surface area (Å²) in [7, 11) is 0. The standard InChI is InChI=1S/C61H77N13O6S/c1-37(2)57(61(78)73-34-47(75)27-52(73)60(77)65-38(3)42-10-12-43(13-11-42)58-39(4)64-35-81-58)54-29-55(68-80-54)71-22-17-40(18-23-71)30-69-20-7-21-70(36-69)31-41-24-48(25-41)79-56-26-44(16-19-63-56)74-45-14-15-46(74)33-72(32-45)51-28-50(66-67-59(51)62)49-8-5-6-9-53(49)76/h5-6,8-13,16,19,26,28-29,35,37-38,40-41,45-48,52,57,75-76H,7,14-15,17-18,20-25,27,30-34,36H2,1-4H3,(H2,62,67)(H,65,77)/t38-,41?,45?,46?,47+,48?,52-,57+/m0/s1. The van der Waals surface area contributed by atoms with E-state index in [2.05, 4.69) is 67.3 Å². The first-order valence-corrected chi connectivity index (χ1v) is 30.2. The smallest absolute Gasteiger partial charge is 0.243 e. The van der Waals surface area contributed by atoms with Gasteiger partial charge in [0.2, 0.25) is 17.7 Å². The number of aliphatic hydroxyl groups is 1. The number of piperidine rings is 1. The molecule has 1 saturated carbocycles. The summed E-state index contributed by atoms with van der Waals surface area (Å²) in [6, 6.07) is 22.9. The number of pyridine rings is 1. The molecule has 2 unspecified atom stereocenters. The van der Waals surface area contributed by atoms with E-state index in [0.29, 0.717) is 52.6 Å². The van der Waals surface area contributed by atoms with Crippen LogP contribution in [0.5, 0.6) is 11.6 Å². The van der Waals surface area contributed by atoms with E-state index in [4.69, 9.17) is 15.0 Å². The van der Waals surface area contributed by atoms with Crippen molar-refractivity contribution in [2.45, 2.75) is 121 Å². The lowest BCUT2D eigenvalue weighted by Gasteiger charge is -2.44. The predicted molar refractivity (Wildman–Crippen MR) is 313 cm³/mol. The Morgan fingerprint density at radius 2 is 1.59 bits per heavy atom. The molecular weight excluding hydrogens is 1040 g/mol. The minimum absolute atomic E-state index is 0.0867. The van der Waals surface area contributed by atoms with Crippen LogP contribution in [-0.2, 0) is 9.59 Å². The van der Waals surface area contributed by atoms with Gasteiger partial charge in [-0.3, -0.25) is 19.4 Å². The molecule has 6 aliphatic rings. The first kappa shape index (κ1) is 54.7. The van der Waals surface area contributed by atoms with E-state index >= 15 is 0 Å². The Kier molecular flexibility index (Phi) is 15.9. The highest BCUT2D eigenvalue weighted by atomic mass is 32.1. The lowest BCUT2D eigenvalue weighted by atomic mass is 9.82. The molecule has 1 aliphatic carbocycles. The lowest BCUT2D eigenvalue weighted by molar-refractivity contribution is -0.141. The number of rotatable bonds is 17. The molecule has 2 amide bonds. The van der Waals surface area contributed by atoms with Gasteiger partial charge in [-0.2, -0.15) is 0 Å². The molecule has 5 saturated heterocycles. The summed E-state index contributed by atoms with van der Waals surface area (Å²) in [4.78, 5) is 52.4. The van der Waals surface area contributed by atoms with Crippen LogP contribution < -0.4 is 30.5 Å². The second kappa shape index (κ2) is 23.5. The number of ether oxygens (including phenoxy) is 1. The number of hydrogen-bond donors (Lipinski definition) is 4. The van der Waals surface area contributed by atoms with Gasteiger partial charge in [0.25, 0.3) is 0 Å². The van der Waals surface area contributed by atoms with Crippen LogP contribution in [-0.4, -0.2) is 158 Å². The van der Waals surface area contributed by atoms with Crippen LogP contribution >= 0.6 is 11.3 Å². The number of aromatic nitrogens is 5. The second-order valence-electron chi connectivity index (χ2n) is 24.0. The van der Waals surface area contributed by atoms with E-state index in [-0.39, 0.29) is 48.6 Å². The number of phenols is 1. The molecule has 6 atom stereocenters. The second-order valence-corrected chi connectivity index (χ2v) is 24.9. The van der Waals surface area contributed by atoms with Crippen LogP contribution in [0, 0.1) is 24.7 Å². The number of nitrogen functional groups attached to an aromatic ring is 1. The fraction of sp³-hybridized carbons (Fsp3) is 0.525. The summed E-state index contributed by atoms with van der Waals surface area (Å²) in [6.07, 6.45) is 8.96. The third-order valence-electron chi connectivity index (χ3n) is 18.0. The zero-order valence-electron chi connectivity index (χ0n) is 47.0. The van der Waals surface area contributed by atoms with Crippen LogP contribution in [0.15, 0.2) is 89.0 Å². The number of aliphatic hydroxyl groups excluding tert-OH is 1. The van der Waals surface area contributed by atoms with Gasteiger partial charge in [0, 0.05) is 107 Å². The highest BCUT2D eigenvalue weighted by Gasteiger charge is 2.45. The molecule has 19 nitrogen and oxygen atoms in total. The molecule has 5 N–H and O–H groups in total. The number of nitrogens with zero attached hydrogens (tertiary/aromatic N) is 11. The Bertz CT molecular complexity index is 3150. The zero-order chi connectivity index (χ0) is 55.9. The molecule has 20 heteroatoms. The maximum atomic E-state index is 14.4. The number of phenolic OH excluding ortho intramolecular Hbond substituents is 1. The van der Waals surface area contributed by atoms with E-state index in [9.17, 15) is 19.8 Å². The van der Waals surface area contributed by atoms with Gasteiger partial charge < -0.3 is 50.1 Å². The number of benzene rings is 2. The number of β-amino-alcohol motifs (C(OH)–C–C–N with tert-alkyl or cyclic N) is 1. The number of thiazole rings is 1. The van der Waals surface area contributed by atoms with Gasteiger partial charge >= 0.3 is 0 Å². The Balaban J connectivity index is 0.582. The van der Waals surface area contributed by atoms with Crippen molar-refractivity contribution in [3.8, 4) is 33.3 Å². The summed E-state index contributed by atoms with van der Waals surface area (Å²) in [5.41, 5.74) is 14.5. The molecule has 6 fully saturated rings. The molecule has 81 heavy (non-hydrogen) atoms. The first-order valence-electron chi connectivity index (χ1n) is 29.3. The van der Waals surface area contributed by atoms with Crippen molar-refractivity contribution in [3.63, 3.8) is 0 Å². The number of anilines is 4. The molecule has 428 valence electrons. The molecule has 9 heterocycles. The van der Waals surface area contributed by atoms with Gasteiger partial charge in [0.05, 0.1) is 46.3 Å². The Morgan fingerprint density at radius 1 is 0.852 bits per heavy atom. The third-order valence-corrected chi connectivity index (χ3v) is 19.0. The molecule has 0 radical (unpaired) electrons. The van der Waals surface area contributed by atoms with Crippen LogP contribution in [0.4, 0.5) is 23.0 Å². The van der Waals surface area contributed by atoms with Crippen molar-refractivity contribution in [2.75, 3.05) is 86.0 Å². The minimum atomic E-state index is -0.801. The molecule has 0 spiro atoms. The summed E-state index contributed by atoms with van der Waals surface area (Å²) >= 11 is 1.60. The number of carbonyl (C=O) groups excluding carboxylic acids is 2. The van der Waals surface area contributed by atoms with E-state index in [1.165, 1.54) is 6.42 Å². The lowest BCUT2D eigenvalue weighted by Crippen LogP contribution is -2.54. The average molecular weight is 1120 g/mol. The van der Waals surface area contributed by atoms with Crippen LogP contribution in [0.25, 0.3) is 21.7 Å². The van der Waals surface area contributed by atoms with Gasteiger partial charge in [-0.25, -0.2) is 9.97 Å². The van der Waals surface area contributed by atoms with E-state index < -0.39 is 18.1 Å². The summed E-state index contributed by atoms with van der Waals surface area (Å²) in [5, 5.41) is 37.5. The van der Waals surface area contributed by atoms with E-state index in [1.54, 1.807) is 28.4 Å². The Labute approximate surface area is 478 Å². The molecule has 4 aromatic heterocycles. The van der Waals surface area contributed by atoms with E-state index in [0.717, 1.165) is 136 Å². The number of aryl methyl sites for hydroxylation is 1. The SMILES string of the molecule is Cc1ncsc1-c1ccc([C@H](C)NC(=O)[C@@H]2C[C@@H](O)CN2C(=O)[C@@H](c2cc(N3CCC(CN4CCCN(CC5CC(Oc6cc(N7C8CCC7CN(c7cc(-c9ccccc9O)nnc7N)C8)ccn6)C5)C4)CC3)no2)C(C)C)cc1. The van der Waals surface area contributed by atoms with Crippen LogP contribution in [0.3, 0.4) is 0 Å². The summed E-state index contributed by atoms with van der Waals surface area (Å²) in [6.45, 7) is 16.8. The fourth-order valence-electron chi connectivity index (χ4n) is 13.7. The molecule has 2 bridgehead atoms. The first-order chi connectivity index (χ1) is 39.3. The van der Waals surface area contributed by atoms with E-state index in [1.807, 2.05) is 87.9 Å². The Morgan fingerprint density at radius 3 is 2.31 bits per heavy atom. The number of para-hydroxylation sites is 1. The van der Waals surface area contributed by atoms with Crippen LogP contribution in [0.2, 0.25) is 0 Å². The molecule has 2 aromatic carbocycles. The van der Waals surface area contributed by atoms with Gasteiger partial charge in [-0.05, 0) is 112 Å². The number of nitrogens with one attached hydrogen (secondary N) is 1. The largest absolute Gasteiger partial charge is 0.507 e. The maximum absolute atomic E-state index is 14.4. The quantitative estimate of drug-likeness (QED) is 0.0687. The van der Waals surface area contributed by atoms with Crippen molar-refractivity contribution < 1.29 is 29.1 Å². The number of carbonyl (C=O) groups is 2. The van der Waals surface area contributed by atoms with Gasteiger partial charge in [0.15, 0.2) is 17.4 Å². The maximum Gasteiger partial charge on any atom is 0.243 e. The number of likely N-dealkylation sites (tertiary alicyclic amines) is 1. The number of hydrogen-bond acceptors (Lipinski definition) is 18. The molecule has 12 rings (SSSR count). The number of amides is 2. The number of nitrogens with two attached hydrogens (primary N) is 1. The zero-order valence-corrected chi connectivity index (χ0v) is 47.8. The molecule has 6 aromatic rings. The Hall–Kier alpha value is -6.87. The van der Waals surface area contributed by atoms with Gasteiger partial charge in [-0.15, -0.1) is 21.5 Å². The topological polar surface area (TPSA) is 219 Å². The van der Waals surface area contributed by atoms with Crippen LogP contribution in [0.1, 0.15) is 101 Å². The summed E-state index contributed by atoms with van der Waals surface area (Å²) < 4.78 is 12.5. The monoisotopic (exact) mass is 1120 g/mol. The van der Waals surface area contributed by atoms with Crippen molar-refractivity contribution in [1.82, 2.24) is 45.3 Å². The third kappa shape index (κ3) is 11.8. The fourth-order valence-corrected chi connectivity index (χ4v) is 14.5. The van der Waals surface area contributed by atoms with Gasteiger partial charge in [0.1, 0.15) is 23.8 Å². The molecular formula is C61H77N13O6S. The number of fused-ring (bicyclic) bond motifs is 2. The van der Waals surface area contributed by atoms with Crippen molar-refractivity contribution in [1.29, 1.82) is 0 Å².